The van der Waals surface area contributed by atoms with Gasteiger partial charge < -0.3 is 14.6 Å². The maximum absolute atomic E-state index is 15.5. The number of benzene rings is 2. The summed E-state index contributed by atoms with van der Waals surface area (Å²) in [6.45, 7) is 0.206. The predicted octanol–water partition coefficient (Wildman–Crippen LogP) is 6.27. The van der Waals surface area contributed by atoms with E-state index in [9.17, 15) is 18.1 Å². The molecule has 2 aliphatic rings. The summed E-state index contributed by atoms with van der Waals surface area (Å²) in [7, 11) is -1.40. The van der Waals surface area contributed by atoms with Gasteiger partial charge in [-0.05, 0) is 44.5 Å². The summed E-state index contributed by atoms with van der Waals surface area (Å²) in [6.07, 6.45) is 1.83. The van der Waals surface area contributed by atoms with E-state index in [-0.39, 0.29) is 16.9 Å². The molecule has 0 radical (unpaired) electrons. The third-order valence-corrected chi connectivity index (χ3v) is 9.11. The van der Waals surface area contributed by atoms with Crippen LogP contribution in [-0.4, -0.2) is 41.3 Å². The van der Waals surface area contributed by atoms with Gasteiger partial charge in [0.1, 0.15) is 23.0 Å². The molecule has 0 saturated heterocycles. The lowest BCUT2D eigenvalue weighted by Crippen LogP contribution is -2.28. The fourth-order valence-electron chi connectivity index (χ4n) is 5.64. The first-order chi connectivity index (χ1) is 19.9. The third-order valence-electron chi connectivity index (χ3n) is 7.53. The van der Waals surface area contributed by atoms with E-state index >= 15 is 4.39 Å². The van der Waals surface area contributed by atoms with Gasteiger partial charge in [0, 0.05) is 48.7 Å². The molecule has 0 spiro atoms. The molecule has 2 bridgehead atoms. The Hall–Kier alpha value is -3.77. The molecule has 42 heavy (non-hydrogen) atoms. The first-order valence-electron chi connectivity index (χ1n) is 12.9. The number of pyridine rings is 1. The van der Waals surface area contributed by atoms with Gasteiger partial charge in [-0.2, -0.15) is 8.78 Å². The summed E-state index contributed by atoms with van der Waals surface area (Å²) in [6, 6.07) is 9.56. The molecule has 0 saturated carbocycles. The minimum Gasteiger partial charge on any atom is -0.434 e. The quantitative estimate of drug-likeness (QED) is 0.235. The van der Waals surface area contributed by atoms with Crippen molar-refractivity contribution in [2.45, 2.75) is 44.6 Å². The number of aromatic nitrogens is 3. The lowest BCUT2D eigenvalue weighted by Gasteiger charge is -2.27. The largest absolute Gasteiger partial charge is 0.475 e. The van der Waals surface area contributed by atoms with Crippen molar-refractivity contribution < 1.29 is 40.8 Å². The number of phosphoric ester groups is 1. The number of nitrogens with one attached hydrogen (secondary N) is 1. The molecule has 2 atom stereocenters. The Morgan fingerprint density at radius 3 is 2.55 bits per heavy atom. The normalized spacial score (nSPS) is 18.1. The zero-order chi connectivity index (χ0) is 30.0. The second-order valence-corrected chi connectivity index (χ2v) is 12.2. The number of alkyl halides is 2. The minimum atomic E-state index is -3.81. The summed E-state index contributed by atoms with van der Waals surface area (Å²) in [5, 5.41) is 2.91. The van der Waals surface area contributed by atoms with Crippen LogP contribution in [0.15, 0.2) is 48.7 Å². The summed E-state index contributed by atoms with van der Waals surface area (Å²) >= 11 is 0. The van der Waals surface area contributed by atoms with Gasteiger partial charge in [0.15, 0.2) is 0 Å². The SMILES string of the molecule is COP(=O)(OC)OC(C)(C)c1ccc(-c2cc3c(cc2F)nc2n3C3CC2NC(=O)c2cccc(OC(F)F)c23)cn1. The Kier molecular flexibility index (Phi) is 6.88. The van der Waals surface area contributed by atoms with Crippen LogP contribution in [0.4, 0.5) is 13.2 Å². The number of phosphoric acid groups is 1. The lowest BCUT2D eigenvalue weighted by atomic mass is 9.97. The van der Waals surface area contributed by atoms with Crippen molar-refractivity contribution in [2.75, 3.05) is 14.2 Å². The number of carbonyl (C=O) groups excluding carboxylic acids is 1. The van der Waals surface area contributed by atoms with Crippen molar-refractivity contribution in [1.29, 1.82) is 0 Å². The number of fused-ring (bicyclic) bond motifs is 9. The minimum absolute atomic E-state index is 0.101. The molecule has 14 heteroatoms. The Balaban J connectivity index is 1.43. The molecule has 0 fully saturated rings. The Labute approximate surface area is 238 Å². The number of amides is 1. The molecule has 0 aliphatic carbocycles. The molecule has 10 nitrogen and oxygen atoms in total. The number of carbonyl (C=O) groups is 1. The summed E-state index contributed by atoms with van der Waals surface area (Å²) in [5.74, 6) is -0.587. The van der Waals surface area contributed by atoms with Gasteiger partial charge in [0.2, 0.25) is 0 Å². The number of halogens is 3. The van der Waals surface area contributed by atoms with Crippen LogP contribution in [0, 0.1) is 5.82 Å². The van der Waals surface area contributed by atoms with E-state index in [1.807, 2.05) is 4.57 Å². The van der Waals surface area contributed by atoms with E-state index in [1.54, 1.807) is 38.1 Å². The van der Waals surface area contributed by atoms with Crippen LogP contribution >= 0.6 is 7.82 Å². The van der Waals surface area contributed by atoms with E-state index in [0.29, 0.717) is 40.1 Å². The van der Waals surface area contributed by atoms with Crippen LogP contribution in [0.1, 0.15) is 59.8 Å². The van der Waals surface area contributed by atoms with Crippen molar-refractivity contribution in [3.63, 3.8) is 0 Å². The van der Waals surface area contributed by atoms with E-state index in [1.165, 1.54) is 38.6 Å². The van der Waals surface area contributed by atoms with Crippen LogP contribution in [0.25, 0.3) is 22.2 Å². The van der Waals surface area contributed by atoms with E-state index < -0.39 is 43.8 Å². The third kappa shape index (κ3) is 4.66. The number of hydrogen-bond donors (Lipinski definition) is 1. The highest BCUT2D eigenvalue weighted by atomic mass is 31.2. The fraction of sp³-hybridized carbons (Fsp3) is 0.321. The predicted molar refractivity (Wildman–Crippen MR) is 145 cm³/mol. The van der Waals surface area contributed by atoms with Gasteiger partial charge >= 0.3 is 14.4 Å². The summed E-state index contributed by atoms with van der Waals surface area (Å²) in [5.41, 5.74) is 1.35. The van der Waals surface area contributed by atoms with Crippen molar-refractivity contribution in [3.05, 3.63) is 77.1 Å². The van der Waals surface area contributed by atoms with Gasteiger partial charge in [-0.15, -0.1) is 0 Å². The first-order valence-corrected chi connectivity index (χ1v) is 14.4. The van der Waals surface area contributed by atoms with Gasteiger partial charge in [0.25, 0.3) is 5.91 Å². The fourth-order valence-corrected chi connectivity index (χ4v) is 6.59. The van der Waals surface area contributed by atoms with Crippen LogP contribution in [0.3, 0.4) is 0 Å². The molecule has 220 valence electrons. The highest BCUT2D eigenvalue weighted by Crippen LogP contribution is 2.53. The van der Waals surface area contributed by atoms with Crippen molar-refractivity contribution in [1.82, 2.24) is 19.9 Å². The zero-order valence-corrected chi connectivity index (χ0v) is 23.8. The number of ether oxygens (including phenoxy) is 1. The van der Waals surface area contributed by atoms with E-state index in [2.05, 4.69) is 15.3 Å². The molecule has 2 unspecified atom stereocenters. The van der Waals surface area contributed by atoms with E-state index in [4.69, 9.17) is 18.3 Å². The lowest BCUT2D eigenvalue weighted by molar-refractivity contribution is -0.0507. The molecule has 6 rings (SSSR count). The molecular formula is C28H26F3N4O6P. The Morgan fingerprint density at radius 2 is 1.88 bits per heavy atom. The standard InChI is InChI=1S/C28H26F3N4O6P/c1-28(2,41-42(37,38-3)39-4)23-9-8-14(13-32-23)16-10-20-18(11-17(16)29)33-25-19-12-21(35(20)25)24-15(26(36)34-19)6-5-7-22(24)40-27(30)31/h5-11,13,19,21,27H,12H2,1-4H3,(H,34,36). The van der Waals surface area contributed by atoms with Crippen LogP contribution in [0.5, 0.6) is 5.75 Å². The average molecular weight is 603 g/mol. The monoisotopic (exact) mass is 602 g/mol. The molecule has 4 heterocycles. The van der Waals surface area contributed by atoms with Crippen molar-refractivity contribution in [2.24, 2.45) is 0 Å². The molecule has 4 aromatic rings. The zero-order valence-electron chi connectivity index (χ0n) is 22.9. The second kappa shape index (κ2) is 10.2. The van der Waals surface area contributed by atoms with Crippen LogP contribution in [0.2, 0.25) is 0 Å². The highest BCUT2D eigenvalue weighted by molar-refractivity contribution is 7.48. The number of hydrogen-bond acceptors (Lipinski definition) is 8. The van der Waals surface area contributed by atoms with E-state index in [0.717, 1.165) is 0 Å². The number of imidazole rings is 1. The van der Waals surface area contributed by atoms with Gasteiger partial charge in [-0.25, -0.2) is 13.9 Å². The van der Waals surface area contributed by atoms with Crippen molar-refractivity contribution >= 4 is 24.8 Å². The van der Waals surface area contributed by atoms with Gasteiger partial charge in [0.05, 0.1) is 28.8 Å². The van der Waals surface area contributed by atoms with Gasteiger partial charge in [-0.3, -0.25) is 23.3 Å². The Bertz CT molecular complexity index is 1750. The molecule has 2 aromatic carbocycles. The maximum atomic E-state index is 15.5. The van der Waals surface area contributed by atoms with Crippen LogP contribution in [-0.2, 0) is 23.7 Å². The smallest absolute Gasteiger partial charge is 0.434 e. The number of nitrogens with zero attached hydrogens (tertiary/aromatic N) is 3. The summed E-state index contributed by atoms with van der Waals surface area (Å²) in [4.78, 5) is 22.0. The summed E-state index contributed by atoms with van der Waals surface area (Å²) < 4.78 is 76.5. The highest BCUT2D eigenvalue weighted by Gasteiger charge is 2.42. The average Bonchev–Trinajstić information content (AvgIpc) is 3.43. The molecule has 2 aliphatic heterocycles. The molecular weight excluding hydrogens is 576 g/mol. The van der Waals surface area contributed by atoms with Crippen molar-refractivity contribution in [3.8, 4) is 16.9 Å². The first kappa shape index (κ1) is 28.4. The van der Waals surface area contributed by atoms with Crippen LogP contribution < -0.4 is 10.1 Å². The Morgan fingerprint density at radius 1 is 1.12 bits per heavy atom. The molecule has 2 aromatic heterocycles. The molecule has 1 amide bonds. The maximum Gasteiger partial charge on any atom is 0.475 e. The topological polar surface area (TPSA) is 114 Å². The van der Waals surface area contributed by atoms with Gasteiger partial charge in [-0.1, -0.05) is 12.1 Å². The number of rotatable bonds is 8. The second-order valence-electron chi connectivity index (χ2n) is 10.4. The molecule has 1 N–H and O–H groups in total.